The molecule has 4 heteroatoms. The van der Waals surface area contributed by atoms with Crippen LogP contribution in [-0.4, -0.2) is 23.6 Å². The molecule has 1 aliphatic heterocycles. The van der Waals surface area contributed by atoms with Crippen LogP contribution in [0.1, 0.15) is 36.5 Å². The number of anilines is 2. The Morgan fingerprint density at radius 3 is 2.28 bits per heavy atom. The largest absolute Gasteiger partial charge is 0.392 e. The second-order valence-corrected chi connectivity index (χ2v) is 9.17. The van der Waals surface area contributed by atoms with Crippen molar-refractivity contribution in [3.05, 3.63) is 83.4 Å². The van der Waals surface area contributed by atoms with Gasteiger partial charge in [-0.1, -0.05) is 60.2 Å². The SMILES string of the molecule is CC(=O)N1c2ccc(-c3ccc(C)cc3)cc2N(Cc2ccccc2CO)CC1C1CC1. The van der Waals surface area contributed by atoms with Crippen LogP contribution < -0.4 is 9.80 Å². The predicted octanol–water partition coefficient (Wildman–Crippen LogP) is 5.31. The van der Waals surface area contributed by atoms with Gasteiger partial charge in [0.25, 0.3) is 0 Å². The number of benzene rings is 3. The molecular weight excluding hydrogens is 396 g/mol. The molecule has 1 amide bonds. The number of nitrogens with zero attached hydrogens (tertiary/aromatic N) is 2. The molecule has 164 valence electrons. The molecule has 1 heterocycles. The lowest BCUT2D eigenvalue weighted by atomic mass is 9.97. The summed E-state index contributed by atoms with van der Waals surface area (Å²) >= 11 is 0. The number of carbonyl (C=O) groups is 1. The summed E-state index contributed by atoms with van der Waals surface area (Å²) < 4.78 is 0. The minimum atomic E-state index is 0.0336. The van der Waals surface area contributed by atoms with E-state index in [-0.39, 0.29) is 18.6 Å². The third-order valence-electron chi connectivity index (χ3n) is 6.85. The molecule has 2 aliphatic rings. The molecule has 32 heavy (non-hydrogen) atoms. The molecule has 0 aromatic heterocycles. The van der Waals surface area contributed by atoms with Gasteiger partial charge in [-0.3, -0.25) is 4.79 Å². The zero-order valence-corrected chi connectivity index (χ0v) is 18.8. The van der Waals surface area contributed by atoms with Crippen LogP contribution in [0.3, 0.4) is 0 Å². The van der Waals surface area contributed by atoms with Crippen LogP contribution in [0.25, 0.3) is 11.1 Å². The standard InChI is InChI=1S/C28H30N2O2/c1-19-7-9-21(10-8-19)23-13-14-26-27(15-23)29(16-24-5-3-4-6-25(24)18-31)17-28(22-11-12-22)30(26)20(2)32/h3-10,13-15,22,28,31H,11-12,16-18H2,1-2H3. The van der Waals surface area contributed by atoms with Crippen molar-refractivity contribution in [1.82, 2.24) is 0 Å². The topological polar surface area (TPSA) is 43.8 Å². The van der Waals surface area contributed by atoms with E-state index in [1.165, 1.54) is 24.0 Å². The van der Waals surface area contributed by atoms with Crippen molar-refractivity contribution in [3.8, 4) is 11.1 Å². The van der Waals surface area contributed by atoms with E-state index >= 15 is 0 Å². The highest BCUT2D eigenvalue weighted by Gasteiger charge is 2.42. The summed E-state index contributed by atoms with van der Waals surface area (Å²) in [5.41, 5.74) is 7.74. The predicted molar refractivity (Wildman–Crippen MR) is 130 cm³/mol. The lowest BCUT2D eigenvalue weighted by Gasteiger charge is -2.44. The summed E-state index contributed by atoms with van der Waals surface area (Å²) in [6, 6.07) is 23.3. The van der Waals surface area contributed by atoms with Crippen LogP contribution >= 0.6 is 0 Å². The molecule has 1 aliphatic carbocycles. The highest BCUT2D eigenvalue weighted by Crippen LogP contribution is 2.45. The van der Waals surface area contributed by atoms with E-state index < -0.39 is 0 Å². The molecule has 1 unspecified atom stereocenters. The Labute approximate surface area is 190 Å². The fourth-order valence-corrected chi connectivity index (χ4v) is 4.96. The molecule has 1 saturated carbocycles. The molecule has 3 aromatic rings. The average Bonchev–Trinajstić information content (AvgIpc) is 3.64. The van der Waals surface area contributed by atoms with E-state index in [1.54, 1.807) is 6.92 Å². The zero-order chi connectivity index (χ0) is 22.2. The molecule has 0 bridgehead atoms. The maximum atomic E-state index is 12.7. The van der Waals surface area contributed by atoms with E-state index in [1.807, 2.05) is 23.1 Å². The number of aliphatic hydroxyl groups is 1. The molecular formula is C28H30N2O2. The summed E-state index contributed by atoms with van der Waals surface area (Å²) in [6.07, 6.45) is 2.37. The minimum Gasteiger partial charge on any atom is -0.392 e. The molecule has 0 spiro atoms. The van der Waals surface area contributed by atoms with Gasteiger partial charge in [-0.25, -0.2) is 0 Å². The molecule has 4 nitrogen and oxygen atoms in total. The van der Waals surface area contributed by atoms with Gasteiger partial charge in [0, 0.05) is 20.0 Å². The van der Waals surface area contributed by atoms with E-state index in [0.717, 1.165) is 41.2 Å². The van der Waals surface area contributed by atoms with Crippen LogP contribution in [0, 0.1) is 12.8 Å². The van der Waals surface area contributed by atoms with Gasteiger partial charge in [-0.2, -0.15) is 0 Å². The first-order valence-electron chi connectivity index (χ1n) is 11.5. The van der Waals surface area contributed by atoms with Gasteiger partial charge in [-0.15, -0.1) is 0 Å². The van der Waals surface area contributed by atoms with Crippen molar-refractivity contribution >= 4 is 17.3 Å². The molecule has 0 saturated heterocycles. The third kappa shape index (κ3) is 3.91. The summed E-state index contributed by atoms with van der Waals surface area (Å²) in [5.74, 6) is 0.682. The number of hydrogen-bond acceptors (Lipinski definition) is 3. The molecule has 0 radical (unpaired) electrons. The second-order valence-electron chi connectivity index (χ2n) is 9.17. The van der Waals surface area contributed by atoms with Gasteiger partial charge in [0.2, 0.25) is 5.91 Å². The van der Waals surface area contributed by atoms with Gasteiger partial charge in [-0.05, 0) is 60.1 Å². The first kappa shape index (κ1) is 20.8. The lowest BCUT2D eigenvalue weighted by molar-refractivity contribution is -0.117. The van der Waals surface area contributed by atoms with E-state index in [4.69, 9.17) is 0 Å². The number of carbonyl (C=O) groups excluding carboxylic acids is 1. The summed E-state index contributed by atoms with van der Waals surface area (Å²) in [5, 5.41) is 9.85. The van der Waals surface area contributed by atoms with E-state index in [2.05, 4.69) is 60.4 Å². The highest BCUT2D eigenvalue weighted by molar-refractivity contribution is 5.98. The number of rotatable bonds is 5. The first-order chi connectivity index (χ1) is 15.5. The number of amides is 1. The number of aryl methyl sites for hydroxylation is 1. The summed E-state index contributed by atoms with van der Waals surface area (Å²) in [6.45, 7) is 5.35. The fraction of sp³-hybridized carbons (Fsp3) is 0.321. The maximum absolute atomic E-state index is 12.7. The van der Waals surface area contributed by atoms with Gasteiger partial charge in [0.15, 0.2) is 0 Å². The lowest BCUT2D eigenvalue weighted by Crippen LogP contribution is -2.52. The number of aliphatic hydroxyl groups excluding tert-OH is 1. The van der Waals surface area contributed by atoms with Crippen LogP contribution in [-0.2, 0) is 17.9 Å². The van der Waals surface area contributed by atoms with Crippen molar-refractivity contribution in [1.29, 1.82) is 0 Å². The Morgan fingerprint density at radius 1 is 0.938 bits per heavy atom. The van der Waals surface area contributed by atoms with Crippen LogP contribution in [0.15, 0.2) is 66.7 Å². The Morgan fingerprint density at radius 2 is 1.62 bits per heavy atom. The smallest absolute Gasteiger partial charge is 0.224 e. The van der Waals surface area contributed by atoms with Crippen molar-refractivity contribution in [2.45, 2.75) is 45.9 Å². The third-order valence-corrected chi connectivity index (χ3v) is 6.85. The quantitative estimate of drug-likeness (QED) is 0.602. The Hall–Kier alpha value is -3.11. The molecule has 1 atom stereocenters. The number of fused-ring (bicyclic) bond motifs is 1. The van der Waals surface area contributed by atoms with Crippen LogP contribution in [0.4, 0.5) is 11.4 Å². The van der Waals surface area contributed by atoms with Gasteiger partial charge in [0.1, 0.15) is 0 Å². The van der Waals surface area contributed by atoms with E-state index in [9.17, 15) is 9.90 Å². The van der Waals surface area contributed by atoms with E-state index in [0.29, 0.717) is 5.92 Å². The normalized spacial score (nSPS) is 17.9. The highest BCUT2D eigenvalue weighted by atomic mass is 16.3. The summed E-state index contributed by atoms with van der Waals surface area (Å²) in [7, 11) is 0. The Bertz CT molecular complexity index is 1130. The summed E-state index contributed by atoms with van der Waals surface area (Å²) in [4.78, 5) is 17.2. The Kier molecular flexibility index (Phi) is 5.48. The molecule has 5 rings (SSSR count). The second kappa shape index (κ2) is 8.44. The average molecular weight is 427 g/mol. The van der Waals surface area contributed by atoms with Crippen molar-refractivity contribution in [3.63, 3.8) is 0 Å². The monoisotopic (exact) mass is 426 g/mol. The Balaban J connectivity index is 1.60. The van der Waals surface area contributed by atoms with Crippen LogP contribution in [0.5, 0.6) is 0 Å². The van der Waals surface area contributed by atoms with Crippen molar-refractivity contribution < 1.29 is 9.90 Å². The van der Waals surface area contributed by atoms with Crippen molar-refractivity contribution in [2.75, 3.05) is 16.3 Å². The maximum Gasteiger partial charge on any atom is 0.224 e. The fourth-order valence-electron chi connectivity index (χ4n) is 4.96. The molecule has 3 aromatic carbocycles. The van der Waals surface area contributed by atoms with Gasteiger partial charge < -0.3 is 14.9 Å². The minimum absolute atomic E-state index is 0.0336. The number of hydrogen-bond donors (Lipinski definition) is 1. The molecule has 1 N–H and O–H groups in total. The van der Waals surface area contributed by atoms with Crippen molar-refractivity contribution in [2.24, 2.45) is 5.92 Å². The van der Waals surface area contributed by atoms with Gasteiger partial charge in [0.05, 0.1) is 24.0 Å². The first-order valence-corrected chi connectivity index (χ1v) is 11.5. The van der Waals surface area contributed by atoms with Crippen LogP contribution in [0.2, 0.25) is 0 Å². The zero-order valence-electron chi connectivity index (χ0n) is 18.8. The van der Waals surface area contributed by atoms with Gasteiger partial charge >= 0.3 is 0 Å². The molecule has 1 fully saturated rings.